The molecule has 0 N–H and O–H groups in total. The van der Waals surface area contributed by atoms with Gasteiger partial charge in [-0.25, -0.2) is 9.18 Å². The molecular formula is C16H21FO3. The van der Waals surface area contributed by atoms with Gasteiger partial charge >= 0.3 is 5.97 Å². The molecule has 0 aromatic heterocycles. The zero-order valence-corrected chi connectivity index (χ0v) is 11.9. The molecule has 0 heterocycles. The van der Waals surface area contributed by atoms with Gasteiger partial charge in [0.2, 0.25) is 0 Å². The van der Waals surface area contributed by atoms with Crippen molar-refractivity contribution in [3.8, 4) is 5.75 Å². The summed E-state index contributed by atoms with van der Waals surface area (Å²) in [5.41, 5.74) is 0.617. The van der Waals surface area contributed by atoms with Gasteiger partial charge in [-0.05, 0) is 44.2 Å². The first kappa shape index (κ1) is 16.2. The third-order valence-electron chi connectivity index (χ3n) is 2.86. The van der Waals surface area contributed by atoms with E-state index < -0.39 is 0 Å². The van der Waals surface area contributed by atoms with Gasteiger partial charge in [0.1, 0.15) is 11.6 Å². The summed E-state index contributed by atoms with van der Waals surface area (Å²) >= 11 is 0. The van der Waals surface area contributed by atoms with Crippen LogP contribution in [0.4, 0.5) is 4.39 Å². The molecule has 0 spiro atoms. The van der Waals surface area contributed by atoms with Crippen LogP contribution in [0.25, 0.3) is 0 Å². The number of hydrogen-bond donors (Lipinski definition) is 0. The zero-order chi connectivity index (χ0) is 14.8. The number of esters is 1. The molecule has 0 saturated heterocycles. The first-order valence-electron chi connectivity index (χ1n) is 6.81. The standard InChI is InChI=1S/C16H21FO3/c1-3-16(18)20-11-7-5-4-6-10-19-14-9-8-13(2)15(17)12-14/h3,8-9,12H,1,4-7,10-11H2,2H3. The van der Waals surface area contributed by atoms with E-state index in [0.29, 0.717) is 24.5 Å². The molecule has 0 aliphatic rings. The van der Waals surface area contributed by atoms with Gasteiger partial charge in [0.15, 0.2) is 0 Å². The van der Waals surface area contributed by atoms with Crippen LogP contribution in [-0.2, 0) is 9.53 Å². The number of benzene rings is 1. The summed E-state index contributed by atoms with van der Waals surface area (Å²) in [6, 6.07) is 4.88. The average molecular weight is 280 g/mol. The van der Waals surface area contributed by atoms with Crippen LogP contribution in [0, 0.1) is 12.7 Å². The molecular weight excluding hydrogens is 259 g/mol. The molecule has 3 nitrogen and oxygen atoms in total. The fourth-order valence-corrected chi connectivity index (χ4v) is 1.64. The lowest BCUT2D eigenvalue weighted by Crippen LogP contribution is -2.02. The molecule has 110 valence electrons. The van der Waals surface area contributed by atoms with E-state index in [2.05, 4.69) is 6.58 Å². The second-order valence-electron chi connectivity index (χ2n) is 4.55. The molecule has 0 radical (unpaired) electrons. The molecule has 4 heteroatoms. The lowest BCUT2D eigenvalue weighted by Gasteiger charge is -2.07. The van der Waals surface area contributed by atoms with Gasteiger partial charge in [-0.15, -0.1) is 0 Å². The summed E-state index contributed by atoms with van der Waals surface area (Å²) in [5.74, 6) is -0.0609. The summed E-state index contributed by atoms with van der Waals surface area (Å²) in [6.07, 6.45) is 4.84. The molecule has 0 atom stereocenters. The van der Waals surface area contributed by atoms with Crippen LogP contribution in [0.2, 0.25) is 0 Å². The summed E-state index contributed by atoms with van der Waals surface area (Å²) < 4.78 is 23.6. The number of halogens is 1. The predicted octanol–water partition coefficient (Wildman–Crippen LogP) is 3.80. The molecule has 0 saturated carbocycles. The van der Waals surface area contributed by atoms with Crippen LogP contribution in [0.1, 0.15) is 31.2 Å². The van der Waals surface area contributed by atoms with E-state index in [1.165, 1.54) is 6.07 Å². The van der Waals surface area contributed by atoms with Crippen LogP contribution in [-0.4, -0.2) is 19.2 Å². The largest absolute Gasteiger partial charge is 0.493 e. The van der Waals surface area contributed by atoms with Crippen molar-refractivity contribution in [3.05, 3.63) is 42.2 Å². The fraction of sp³-hybridized carbons (Fsp3) is 0.438. The molecule has 0 fully saturated rings. The normalized spacial score (nSPS) is 10.1. The van der Waals surface area contributed by atoms with Crippen LogP contribution in [0.3, 0.4) is 0 Å². The van der Waals surface area contributed by atoms with Crippen molar-refractivity contribution in [1.29, 1.82) is 0 Å². The van der Waals surface area contributed by atoms with Crippen molar-refractivity contribution >= 4 is 5.97 Å². The molecule has 0 unspecified atom stereocenters. The first-order valence-corrected chi connectivity index (χ1v) is 6.81. The van der Waals surface area contributed by atoms with Crippen LogP contribution < -0.4 is 4.74 Å². The Morgan fingerprint density at radius 2 is 1.95 bits per heavy atom. The maximum Gasteiger partial charge on any atom is 0.330 e. The molecule has 0 aliphatic heterocycles. The fourth-order valence-electron chi connectivity index (χ4n) is 1.64. The molecule has 1 aromatic carbocycles. The van der Waals surface area contributed by atoms with Crippen molar-refractivity contribution < 1.29 is 18.7 Å². The summed E-state index contributed by atoms with van der Waals surface area (Å²) in [7, 11) is 0. The lowest BCUT2D eigenvalue weighted by atomic mass is 10.2. The van der Waals surface area contributed by atoms with E-state index >= 15 is 0 Å². The highest BCUT2D eigenvalue weighted by Crippen LogP contribution is 2.16. The summed E-state index contributed by atoms with van der Waals surface area (Å²) in [5, 5.41) is 0. The average Bonchev–Trinajstić information content (AvgIpc) is 2.45. The highest BCUT2D eigenvalue weighted by molar-refractivity contribution is 5.81. The minimum Gasteiger partial charge on any atom is -0.493 e. The van der Waals surface area contributed by atoms with Crippen molar-refractivity contribution in [2.75, 3.05) is 13.2 Å². The Labute approximate surface area is 119 Å². The lowest BCUT2D eigenvalue weighted by molar-refractivity contribution is -0.137. The molecule has 0 amide bonds. The smallest absolute Gasteiger partial charge is 0.330 e. The molecule has 1 aromatic rings. The second-order valence-corrected chi connectivity index (χ2v) is 4.55. The van der Waals surface area contributed by atoms with Gasteiger partial charge in [0.25, 0.3) is 0 Å². The summed E-state index contributed by atoms with van der Waals surface area (Å²) in [4.78, 5) is 10.8. The van der Waals surface area contributed by atoms with E-state index in [-0.39, 0.29) is 11.8 Å². The van der Waals surface area contributed by atoms with Crippen molar-refractivity contribution in [2.24, 2.45) is 0 Å². The Morgan fingerprint density at radius 1 is 1.25 bits per heavy atom. The van der Waals surface area contributed by atoms with Gasteiger partial charge in [-0.3, -0.25) is 0 Å². The van der Waals surface area contributed by atoms with E-state index in [1.54, 1.807) is 19.1 Å². The van der Waals surface area contributed by atoms with Gasteiger partial charge in [-0.2, -0.15) is 0 Å². The molecule has 20 heavy (non-hydrogen) atoms. The quantitative estimate of drug-likeness (QED) is 0.392. The van der Waals surface area contributed by atoms with Gasteiger partial charge < -0.3 is 9.47 Å². The number of unbranched alkanes of at least 4 members (excludes halogenated alkanes) is 3. The molecule has 0 bridgehead atoms. The number of ether oxygens (including phenoxy) is 2. The van der Waals surface area contributed by atoms with Crippen molar-refractivity contribution in [2.45, 2.75) is 32.6 Å². The Balaban J connectivity index is 2.03. The van der Waals surface area contributed by atoms with E-state index in [1.807, 2.05) is 0 Å². The highest BCUT2D eigenvalue weighted by atomic mass is 19.1. The zero-order valence-electron chi connectivity index (χ0n) is 11.9. The van der Waals surface area contributed by atoms with Gasteiger partial charge in [0, 0.05) is 12.1 Å². The SMILES string of the molecule is C=CC(=O)OCCCCCCOc1ccc(C)c(F)c1. The minimum atomic E-state index is -0.380. The topological polar surface area (TPSA) is 35.5 Å². The van der Waals surface area contributed by atoms with Gasteiger partial charge in [0.05, 0.1) is 13.2 Å². The molecule has 1 rings (SSSR count). The van der Waals surface area contributed by atoms with E-state index in [9.17, 15) is 9.18 Å². The number of carbonyl (C=O) groups is 1. The number of carbonyl (C=O) groups excluding carboxylic acids is 1. The maximum absolute atomic E-state index is 13.3. The van der Waals surface area contributed by atoms with Crippen LogP contribution in [0.15, 0.2) is 30.9 Å². The minimum absolute atomic E-state index is 0.244. The van der Waals surface area contributed by atoms with Crippen LogP contribution in [0.5, 0.6) is 5.75 Å². The first-order chi connectivity index (χ1) is 9.63. The van der Waals surface area contributed by atoms with Crippen molar-refractivity contribution in [1.82, 2.24) is 0 Å². The van der Waals surface area contributed by atoms with Crippen molar-refractivity contribution in [3.63, 3.8) is 0 Å². The Bertz CT molecular complexity index is 443. The number of rotatable bonds is 9. The second kappa shape index (κ2) is 9.13. The third kappa shape index (κ3) is 6.36. The van der Waals surface area contributed by atoms with Crippen LogP contribution >= 0.6 is 0 Å². The Kier molecular flexibility index (Phi) is 7.40. The maximum atomic E-state index is 13.3. The predicted molar refractivity (Wildman–Crippen MR) is 76.3 cm³/mol. The number of hydrogen-bond acceptors (Lipinski definition) is 3. The Morgan fingerprint density at radius 3 is 2.60 bits per heavy atom. The van der Waals surface area contributed by atoms with E-state index in [0.717, 1.165) is 31.8 Å². The summed E-state index contributed by atoms with van der Waals surface area (Å²) in [6.45, 7) is 6.03. The highest BCUT2D eigenvalue weighted by Gasteiger charge is 2.00. The third-order valence-corrected chi connectivity index (χ3v) is 2.86. The Hall–Kier alpha value is -1.84. The van der Waals surface area contributed by atoms with Gasteiger partial charge in [-0.1, -0.05) is 12.6 Å². The number of aryl methyl sites for hydroxylation is 1. The monoisotopic (exact) mass is 280 g/mol. The molecule has 0 aliphatic carbocycles. The van der Waals surface area contributed by atoms with E-state index in [4.69, 9.17) is 9.47 Å².